The van der Waals surface area contributed by atoms with E-state index in [0.29, 0.717) is 12.3 Å². The van der Waals surface area contributed by atoms with E-state index in [0.717, 1.165) is 5.69 Å². The molecule has 1 aromatic heterocycles. The van der Waals surface area contributed by atoms with Crippen LogP contribution in [0.15, 0.2) is 48.7 Å². The van der Waals surface area contributed by atoms with Gasteiger partial charge in [0.2, 0.25) is 0 Å². The second kappa shape index (κ2) is 6.65. The average Bonchev–Trinajstić information content (AvgIpc) is 2.48. The van der Waals surface area contributed by atoms with Crippen molar-refractivity contribution in [3.8, 4) is 5.75 Å². The Kier molecular flexibility index (Phi) is 4.65. The van der Waals surface area contributed by atoms with Crippen LogP contribution >= 0.6 is 0 Å². The van der Waals surface area contributed by atoms with Gasteiger partial charge in [-0.15, -0.1) is 0 Å². The van der Waals surface area contributed by atoms with Gasteiger partial charge in [0.1, 0.15) is 11.6 Å². The zero-order chi connectivity index (χ0) is 14.4. The number of hydrogen-bond acceptors (Lipinski definition) is 3. The summed E-state index contributed by atoms with van der Waals surface area (Å²) in [6.45, 7) is 1.98. The highest BCUT2D eigenvalue weighted by molar-refractivity contribution is 5.80. The summed E-state index contributed by atoms with van der Waals surface area (Å²) in [6.07, 6.45) is 1.00. The molecule has 2 aromatic rings. The minimum atomic E-state index is -0.663. The number of halogens is 1. The molecule has 0 spiro atoms. The molecular formula is C15H15FN2O2. The highest BCUT2D eigenvalue weighted by atomic mass is 19.1. The van der Waals surface area contributed by atoms with Gasteiger partial charge >= 0.3 is 0 Å². The number of nitrogens with zero attached hydrogens (tertiary/aromatic N) is 1. The second-order valence-corrected chi connectivity index (χ2v) is 4.25. The number of pyridine rings is 1. The van der Waals surface area contributed by atoms with E-state index < -0.39 is 6.10 Å². The van der Waals surface area contributed by atoms with Gasteiger partial charge in [-0.3, -0.25) is 9.78 Å². The van der Waals surface area contributed by atoms with E-state index in [2.05, 4.69) is 10.3 Å². The molecule has 0 aliphatic heterocycles. The Labute approximate surface area is 116 Å². The number of rotatable bonds is 5. The van der Waals surface area contributed by atoms with Crippen LogP contribution in [0.5, 0.6) is 5.75 Å². The lowest BCUT2D eigenvalue weighted by molar-refractivity contribution is -0.127. The molecule has 1 N–H and O–H groups in total. The fourth-order valence-corrected chi connectivity index (χ4v) is 1.59. The van der Waals surface area contributed by atoms with Crippen LogP contribution < -0.4 is 10.1 Å². The Hall–Kier alpha value is -2.43. The van der Waals surface area contributed by atoms with Gasteiger partial charge in [-0.05, 0) is 43.3 Å². The van der Waals surface area contributed by atoms with Crippen molar-refractivity contribution in [3.63, 3.8) is 0 Å². The fraction of sp³-hybridized carbons (Fsp3) is 0.200. The number of hydrogen-bond donors (Lipinski definition) is 1. The van der Waals surface area contributed by atoms with E-state index in [1.54, 1.807) is 13.1 Å². The summed E-state index contributed by atoms with van der Waals surface area (Å²) in [6, 6.07) is 11.0. The molecule has 0 radical (unpaired) electrons. The molecule has 4 nitrogen and oxygen atoms in total. The minimum absolute atomic E-state index is 0.250. The predicted octanol–water partition coefficient (Wildman–Crippen LogP) is 2.30. The van der Waals surface area contributed by atoms with Gasteiger partial charge in [-0.2, -0.15) is 0 Å². The van der Waals surface area contributed by atoms with Crippen LogP contribution in [-0.2, 0) is 11.3 Å². The van der Waals surface area contributed by atoms with Crippen molar-refractivity contribution < 1.29 is 13.9 Å². The molecule has 0 fully saturated rings. The number of benzene rings is 1. The van der Waals surface area contributed by atoms with Gasteiger partial charge in [-0.25, -0.2) is 4.39 Å². The summed E-state index contributed by atoms with van der Waals surface area (Å²) in [4.78, 5) is 16.0. The lowest BCUT2D eigenvalue weighted by Crippen LogP contribution is -2.36. The molecule has 1 amide bonds. The van der Waals surface area contributed by atoms with Crippen LogP contribution in [0.3, 0.4) is 0 Å². The maximum Gasteiger partial charge on any atom is 0.261 e. The van der Waals surface area contributed by atoms with Crippen molar-refractivity contribution in [2.75, 3.05) is 0 Å². The van der Waals surface area contributed by atoms with Crippen LogP contribution in [-0.4, -0.2) is 17.0 Å². The molecule has 5 heteroatoms. The molecule has 0 bridgehead atoms. The van der Waals surface area contributed by atoms with Crippen molar-refractivity contribution >= 4 is 5.91 Å². The quantitative estimate of drug-likeness (QED) is 0.910. The summed E-state index contributed by atoms with van der Waals surface area (Å²) in [5.41, 5.74) is 0.773. The van der Waals surface area contributed by atoms with Crippen molar-refractivity contribution in [2.45, 2.75) is 19.6 Å². The Morgan fingerprint density at radius 3 is 2.70 bits per heavy atom. The van der Waals surface area contributed by atoms with Crippen molar-refractivity contribution in [3.05, 3.63) is 60.2 Å². The van der Waals surface area contributed by atoms with Crippen molar-refractivity contribution in [1.82, 2.24) is 10.3 Å². The molecule has 20 heavy (non-hydrogen) atoms. The normalized spacial score (nSPS) is 11.7. The Bertz CT molecular complexity index is 558. The molecule has 1 aromatic carbocycles. The van der Waals surface area contributed by atoms with Gasteiger partial charge in [0.25, 0.3) is 5.91 Å². The monoisotopic (exact) mass is 274 g/mol. The Morgan fingerprint density at radius 1 is 1.30 bits per heavy atom. The van der Waals surface area contributed by atoms with Crippen LogP contribution in [0.4, 0.5) is 4.39 Å². The third-order valence-electron chi connectivity index (χ3n) is 2.67. The summed E-state index contributed by atoms with van der Waals surface area (Å²) in [7, 11) is 0. The molecule has 1 heterocycles. The lowest BCUT2D eigenvalue weighted by Gasteiger charge is -2.14. The molecule has 104 valence electrons. The zero-order valence-electron chi connectivity index (χ0n) is 11.0. The van der Waals surface area contributed by atoms with E-state index in [9.17, 15) is 9.18 Å². The Morgan fingerprint density at radius 2 is 2.05 bits per heavy atom. The SMILES string of the molecule is CC(Oc1ccc(F)cc1)C(=O)NCc1ccccn1. The molecule has 0 aliphatic rings. The number of nitrogens with one attached hydrogen (secondary N) is 1. The van der Waals surface area contributed by atoms with Crippen molar-refractivity contribution in [1.29, 1.82) is 0 Å². The highest BCUT2D eigenvalue weighted by Gasteiger charge is 2.14. The zero-order valence-corrected chi connectivity index (χ0v) is 11.0. The lowest BCUT2D eigenvalue weighted by atomic mass is 10.3. The number of carbonyl (C=O) groups excluding carboxylic acids is 1. The van der Waals surface area contributed by atoms with E-state index in [1.165, 1.54) is 24.3 Å². The topological polar surface area (TPSA) is 51.2 Å². The molecule has 1 atom stereocenters. The van der Waals surface area contributed by atoms with Crippen LogP contribution in [0, 0.1) is 5.82 Å². The summed E-state index contributed by atoms with van der Waals surface area (Å²) < 4.78 is 18.2. The van der Waals surface area contributed by atoms with E-state index in [1.807, 2.05) is 18.2 Å². The first kappa shape index (κ1) is 14.0. The third-order valence-corrected chi connectivity index (χ3v) is 2.67. The maximum absolute atomic E-state index is 12.7. The van der Waals surface area contributed by atoms with E-state index in [-0.39, 0.29) is 11.7 Å². The van der Waals surface area contributed by atoms with E-state index in [4.69, 9.17) is 4.74 Å². The predicted molar refractivity (Wildman–Crippen MR) is 72.6 cm³/mol. The van der Waals surface area contributed by atoms with Gasteiger partial charge in [0, 0.05) is 6.20 Å². The summed E-state index contributed by atoms with van der Waals surface area (Å²) in [5.74, 6) is -0.142. The number of ether oxygens (including phenoxy) is 1. The van der Waals surface area contributed by atoms with Crippen LogP contribution in [0.2, 0.25) is 0 Å². The molecule has 0 saturated carbocycles. The first-order chi connectivity index (χ1) is 9.65. The molecule has 0 aliphatic carbocycles. The maximum atomic E-state index is 12.7. The van der Waals surface area contributed by atoms with Gasteiger partial charge < -0.3 is 10.1 Å². The van der Waals surface area contributed by atoms with Gasteiger partial charge in [0.05, 0.1) is 12.2 Å². The Balaban J connectivity index is 1.84. The number of amides is 1. The smallest absolute Gasteiger partial charge is 0.261 e. The first-order valence-corrected chi connectivity index (χ1v) is 6.25. The molecule has 0 saturated heterocycles. The second-order valence-electron chi connectivity index (χ2n) is 4.25. The largest absolute Gasteiger partial charge is 0.481 e. The van der Waals surface area contributed by atoms with Crippen LogP contribution in [0.25, 0.3) is 0 Å². The summed E-state index contributed by atoms with van der Waals surface area (Å²) >= 11 is 0. The van der Waals surface area contributed by atoms with Gasteiger partial charge in [-0.1, -0.05) is 6.07 Å². The standard InChI is InChI=1S/C15H15FN2O2/c1-11(20-14-7-5-12(16)6-8-14)15(19)18-10-13-4-2-3-9-17-13/h2-9,11H,10H2,1H3,(H,18,19). The average molecular weight is 274 g/mol. The summed E-state index contributed by atoms with van der Waals surface area (Å²) in [5, 5.41) is 2.73. The minimum Gasteiger partial charge on any atom is -0.481 e. The molecular weight excluding hydrogens is 259 g/mol. The fourth-order valence-electron chi connectivity index (χ4n) is 1.59. The van der Waals surface area contributed by atoms with Crippen molar-refractivity contribution in [2.24, 2.45) is 0 Å². The van der Waals surface area contributed by atoms with Gasteiger partial charge in [0.15, 0.2) is 6.10 Å². The first-order valence-electron chi connectivity index (χ1n) is 6.25. The third kappa shape index (κ3) is 4.05. The molecule has 2 rings (SSSR count). The number of aromatic nitrogens is 1. The van der Waals surface area contributed by atoms with E-state index >= 15 is 0 Å². The number of carbonyl (C=O) groups is 1. The van der Waals surface area contributed by atoms with Crippen LogP contribution in [0.1, 0.15) is 12.6 Å². The molecule has 1 unspecified atom stereocenters. The highest BCUT2D eigenvalue weighted by Crippen LogP contribution is 2.13.